The fraction of sp³-hybridized carbons (Fsp3) is 0.679. The highest BCUT2D eigenvalue weighted by Crippen LogP contribution is 2.74. The lowest BCUT2D eigenvalue weighted by atomic mass is 9.51. The van der Waals surface area contributed by atoms with Gasteiger partial charge in [-0.05, 0) is 75.2 Å². The Labute approximate surface area is 209 Å². The Balaban J connectivity index is 1.30. The fourth-order valence-corrected chi connectivity index (χ4v) is 9.08. The molecule has 3 aliphatic carbocycles. The van der Waals surface area contributed by atoms with Gasteiger partial charge in [0.2, 0.25) is 0 Å². The summed E-state index contributed by atoms with van der Waals surface area (Å²) >= 11 is 0. The number of nitrogens with zero attached hydrogens (tertiary/aromatic N) is 2. The number of hydrogen-bond donors (Lipinski definition) is 3. The minimum Gasteiger partial charge on any atom is -0.389 e. The van der Waals surface area contributed by atoms with Crippen LogP contribution in [0.15, 0.2) is 30.5 Å². The maximum atomic E-state index is 17.2. The first-order valence-electron chi connectivity index (χ1n) is 13.2. The Hall–Kier alpha value is -1.87. The molecule has 2 aliphatic heterocycles. The molecule has 1 aromatic heterocycles. The van der Waals surface area contributed by atoms with E-state index in [4.69, 9.17) is 4.74 Å². The zero-order valence-corrected chi connectivity index (χ0v) is 21.1. The van der Waals surface area contributed by atoms with Crippen LogP contribution in [0.5, 0.6) is 0 Å². The number of aromatic amines is 1. The van der Waals surface area contributed by atoms with Crippen LogP contribution in [0.3, 0.4) is 0 Å². The molecule has 2 saturated carbocycles. The van der Waals surface area contributed by atoms with E-state index in [1.54, 1.807) is 6.20 Å². The van der Waals surface area contributed by atoms with Crippen molar-refractivity contribution in [1.82, 2.24) is 15.1 Å². The van der Waals surface area contributed by atoms with Crippen molar-refractivity contribution in [1.29, 1.82) is 0 Å². The third-order valence-corrected chi connectivity index (χ3v) is 11.0. The first kappa shape index (κ1) is 23.3. The van der Waals surface area contributed by atoms with Gasteiger partial charge >= 0.3 is 0 Å². The number of allylic oxidation sites excluding steroid dienone is 2. The number of benzene rings is 1. The van der Waals surface area contributed by atoms with Gasteiger partial charge in [-0.2, -0.15) is 5.10 Å². The summed E-state index contributed by atoms with van der Waals surface area (Å²) in [6, 6.07) is 5.82. The van der Waals surface area contributed by atoms with Crippen LogP contribution in [0.1, 0.15) is 57.4 Å². The van der Waals surface area contributed by atoms with E-state index in [2.05, 4.69) is 41.4 Å². The van der Waals surface area contributed by atoms with Crippen molar-refractivity contribution in [2.75, 3.05) is 14.1 Å². The van der Waals surface area contributed by atoms with Crippen molar-refractivity contribution in [3.05, 3.63) is 36.0 Å². The van der Waals surface area contributed by atoms with Crippen LogP contribution in [0, 0.1) is 11.3 Å². The second-order valence-corrected chi connectivity index (χ2v) is 12.7. The molecule has 0 radical (unpaired) electrons. The minimum atomic E-state index is -2.32. The summed E-state index contributed by atoms with van der Waals surface area (Å²) in [4.78, 5) is 1.82. The Morgan fingerprint density at radius 3 is 2.72 bits per heavy atom. The third kappa shape index (κ3) is 2.52. The Kier molecular flexibility index (Phi) is 4.49. The number of aliphatic hydroxyl groups is 2. The smallest absolute Gasteiger partial charge is 0.171 e. The normalized spacial score (nSPS) is 49.6. The maximum Gasteiger partial charge on any atom is 0.171 e. The first-order valence-corrected chi connectivity index (χ1v) is 13.2. The molecule has 2 spiro atoms. The number of halogens is 2. The van der Waals surface area contributed by atoms with Crippen LogP contribution in [-0.2, 0) is 4.74 Å². The summed E-state index contributed by atoms with van der Waals surface area (Å²) in [7, 11) is 3.63. The molecule has 3 N–H and O–H groups in total. The van der Waals surface area contributed by atoms with E-state index < -0.39 is 47.2 Å². The van der Waals surface area contributed by atoms with Crippen molar-refractivity contribution >= 4 is 16.5 Å². The van der Waals surface area contributed by atoms with E-state index in [0.29, 0.717) is 25.7 Å². The fourth-order valence-electron chi connectivity index (χ4n) is 9.08. The molecule has 7 rings (SSSR count). The summed E-state index contributed by atoms with van der Waals surface area (Å²) in [5.74, 6) is -0.123. The average molecular weight is 500 g/mol. The van der Waals surface area contributed by atoms with Gasteiger partial charge in [0.1, 0.15) is 23.0 Å². The Morgan fingerprint density at radius 2 is 1.94 bits per heavy atom. The lowest BCUT2D eigenvalue weighted by Gasteiger charge is -2.65. The zero-order chi connectivity index (χ0) is 25.3. The Morgan fingerprint density at radius 1 is 1.14 bits per heavy atom. The van der Waals surface area contributed by atoms with E-state index in [9.17, 15) is 10.2 Å². The van der Waals surface area contributed by atoms with Crippen LogP contribution in [0.2, 0.25) is 0 Å². The quantitative estimate of drug-likeness (QED) is 0.584. The molecule has 36 heavy (non-hydrogen) atoms. The number of nitrogens with one attached hydrogen (secondary N) is 1. The molecule has 0 amide bonds. The maximum absolute atomic E-state index is 17.2. The first-order chi connectivity index (χ1) is 17.0. The number of likely N-dealkylation sites (N-methyl/N-ethyl adjacent to an activating group) is 1. The molecular formula is C28H35F2N3O3. The molecule has 3 heterocycles. The lowest BCUT2D eigenvalue weighted by Crippen LogP contribution is -2.78. The number of ether oxygens (including phenoxy) is 1. The molecule has 4 fully saturated rings. The van der Waals surface area contributed by atoms with Gasteiger partial charge < -0.3 is 19.8 Å². The molecule has 194 valence electrons. The number of aliphatic hydroxyl groups excluding tert-OH is 2. The summed E-state index contributed by atoms with van der Waals surface area (Å²) in [5.41, 5.74) is -3.65. The van der Waals surface area contributed by atoms with Gasteiger partial charge in [0.25, 0.3) is 0 Å². The SMILES string of the molecule is CN(C)C1CC23CCC4(O2)C2CC=C(c5ccc6cn[nH]c6c5)C2(C)CCC4(F)CC3(F)C(O)C1O. The van der Waals surface area contributed by atoms with Gasteiger partial charge in [-0.25, -0.2) is 8.78 Å². The summed E-state index contributed by atoms with van der Waals surface area (Å²) in [6.45, 7) is 2.22. The van der Waals surface area contributed by atoms with Crippen LogP contribution >= 0.6 is 0 Å². The molecule has 1 aromatic carbocycles. The monoisotopic (exact) mass is 499 g/mol. The van der Waals surface area contributed by atoms with Crippen LogP contribution in [0.4, 0.5) is 8.78 Å². The standard InChI is InChI=1S/C28H35F2N3O3/c1-24-8-9-25(29)15-27(30)23(35)22(34)20(33(2)3)13-26(27)10-11-28(25,36-26)21(24)7-6-18(24)16-4-5-17-14-31-32-19(17)12-16/h4-6,12,14,20-23,34-35H,7-11,13,15H2,1-3H3,(H,31,32). The van der Waals surface area contributed by atoms with Crippen molar-refractivity contribution in [2.24, 2.45) is 11.3 Å². The summed E-state index contributed by atoms with van der Waals surface area (Å²) in [5, 5.41) is 30.1. The molecule has 8 heteroatoms. The van der Waals surface area contributed by atoms with Crippen molar-refractivity contribution in [3.8, 4) is 0 Å². The van der Waals surface area contributed by atoms with Gasteiger partial charge in [-0.3, -0.25) is 5.10 Å². The zero-order valence-electron chi connectivity index (χ0n) is 21.1. The summed E-state index contributed by atoms with van der Waals surface area (Å²) in [6.07, 6.45) is 3.09. The third-order valence-electron chi connectivity index (χ3n) is 11.0. The minimum absolute atomic E-state index is 0.123. The molecule has 2 bridgehead atoms. The summed E-state index contributed by atoms with van der Waals surface area (Å²) < 4.78 is 40.9. The molecule has 5 aliphatic rings. The van der Waals surface area contributed by atoms with Crippen molar-refractivity contribution < 1.29 is 23.7 Å². The molecule has 2 aromatic rings. The van der Waals surface area contributed by atoms with Crippen LogP contribution < -0.4 is 0 Å². The van der Waals surface area contributed by atoms with Gasteiger partial charge in [-0.1, -0.05) is 25.1 Å². The van der Waals surface area contributed by atoms with E-state index in [1.807, 2.05) is 19.0 Å². The van der Waals surface area contributed by atoms with E-state index in [1.165, 1.54) is 5.57 Å². The van der Waals surface area contributed by atoms with Gasteiger partial charge in [0.15, 0.2) is 5.67 Å². The van der Waals surface area contributed by atoms with E-state index in [-0.39, 0.29) is 24.2 Å². The number of aromatic nitrogens is 2. The highest BCUT2D eigenvalue weighted by Gasteiger charge is 2.82. The second-order valence-electron chi connectivity index (χ2n) is 12.7. The van der Waals surface area contributed by atoms with Gasteiger partial charge in [-0.15, -0.1) is 0 Å². The lowest BCUT2D eigenvalue weighted by molar-refractivity contribution is -0.347. The van der Waals surface area contributed by atoms with E-state index in [0.717, 1.165) is 16.5 Å². The number of rotatable bonds is 2. The van der Waals surface area contributed by atoms with Crippen LogP contribution in [-0.4, -0.2) is 80.2 Å². The molecule has 6 nitrogen and oxygen atoms in total. The predicted molar refractivity (Wildman–Crippen MR) is 132 cm³/mol. The molecule has 2 saturated heterocycles. The van der Waals surface area contributed by atoms with Gasteiger partial charge in [0, 0.05) is 23.8 Å². The number of alkyl halides is 2. The topological polar surface area (TPSA) is 81.6 Å². The van der Waals surface area contributed by atoms with Gasteiger partial charge in [0.05, 0.1) is 17.8 Å². The second kappa shape index (κ2) is 6.95. The number of hydrogen-bond acceptors (Lipinski definition) is 5. The van der Waals surface area contributed by atoms with Crippen molar-refractivity contribution in [3.63, 3.8) is 0 Å². The largest absolute Gasteiger partial charge is 0.389 e. The highest BCUT2D eigenvalue weighted by molar-refractivity contribution is 5.84. The van der Waals surface area contributed by atoms with E-state index >= 15 is 8.78 Å². The number of H-pyrrole nitrogens is 1. The predicted octanol–water partition coefficient (Wildman–Crippen LogP) is 3.93. The Bertz CT molecular complexity index is 1280. The average Bonchev–Trinajstić information content (AvgIpc) is 3.54. The van der Waals surface area contributed by atoms with Crippen molar-refractivity contribution in [2.45, 2.75) is 92.7 Å². The number of fused-ring (bicyclic) bond motifs is 2. The molecule has 9 unspecified atom stereocenters. The molecular weight excluding hydrogens is 464 g/mol. The highest BCUT2D eigenvalue weighted by atomic mass is 19.2. The van der Waals surface area contributed by atoms with Crippen LogP contribution in [0.25, 0.3) is 16.5 Å². The molecule has 9 atom stereocenters.